The van der Waals surface area contributed by atoms with Crippen LogP contribution in [0.5, 0.6) is 11.5 Å². The number of nitrogen functional groups attached to an aromatic ring is 1. The van der Waals surface area contributed by atoms with Crippen LogP contribution in [0, 0.1) is 0 Å². The molecule has 0 fully saturated rings. The zero-order valence-corrected chi connectivity index (χ0v) is 22.2. The fourth-order valence-electron chi connectivity index (χ4n) is 3.66. The van der Waals surface area contributed by atoms with Crippen LogP contribution in [0.25, 0.3) is 0 Å². The fraction of sp³-hybridized carbons (Fsp3) is 0.308. The number of hydrogen-bond donors (Lipinski definition) is 3. The number of carbonyl (C=O) groups is 3. The number of primary amides is 1. The van der Waals surface area contributed by atoms with Gasteiger partial charge in [0, 0.05) is 12.1 Å². The lowest BCUT2D eigenvalue weighted by Gasteiger charge is -2.33. The van der Waals surface area contributed by atoms with Gasteiger partial charge in [-0.15, -0.1) is 0 Å². The van der Waals surface area contributed by atoms with Crippen LogP contribution in [0.4, 0.5) is 5.69 Å². The van der Waals surface area contributed by atoms with Crippen LogP contribution in [0.15, 0.2) is 48.5 Å². The summed E-state index contributed by atoms with van der Waals surface area (Å²) in [6, 6.07) is 13.0. The van der Waals surface area contributed by atoms with E-state index in [1.165, 1.54) is 4.90 Å². The van der Waals surface area contributed by atoms with Crippen molar-refractivity contribution in [3.8, 4) is 11.5 Å². The van der Waals surface area contributed by atoms with Crippen LogP contribution in [0.1, 0.15) is 58.1 Å². The Morgan fingerprint density at radius 3 is 2.00 bits per heavy atom. The monoisotopic (exact) mass is 525 g/mol. The first-order valence-electron chi connectivity index (χ1n) is 11.4. The smallest absolute Gasteiger partial charge is 0.270 e. The van der Waals surface area contributed by atoms with E-state index in [1.807, 2.05) is 20.8 Å². The quantitative estimate of drug-likeness (QED) is 0.388. The Morgan fingerprint density at radius 1 is 1.00 bits per heavy atom. The molecular formula is C26H31N5O5S. The van der Waals surface area contributed by atoms with Gasteiger partial charge in [0.05, 0.1) is 19.9 Å². The lowest BCUT2D eigenvalue weighted by Crippen LogP contribution is -2.49. The first kappa shape index (κ1) is 27.5. The molecule has 0 saturated heterocycles. The molecule has 37 heavy (non-hydrogen) atoms. The number of hydrogen-bond acceptors (Lipinski definition) is 8. The highest BCUT2D eigenvalue weighted by atomic mass is 32.1. The van der Waals surface area contributed by atoms with Gasteiger partial charge in [-0.3, -0.25) is 14.4 Å². The van der Waals surface area contributed by atoms with E-state index in [9.17, 15) is 14.4 Å². The third-order valence-corrected chi connectivity index (χ3v) is 6.27. The van der Waals surface area contributed by atoms with E-state index in [4.69, 9.17) is 20.9 Å². The molecule has 0 aliphatic carbocycles. The number of aromatic nitrogens is 1. The molecule has 11 heteroatoms. The predicted molar refractivity (Wildman–Crippen MR) is 142 cm³/mol. The van der Waals surface area contributed by atoms with Gasteiger partial charge in [0.25, 0.3) is 11.8 Å². The summed E-state index contributed by atoms with van der Waals surface area (Å²) in [5, 5.41) is 2.97. The van der Waals surface area contributed by atoms with Crippen molar-refractivity contribution in [3.63, 3.8) is 0 Å². The van der Waals surface area contributed by atoms with Crippen molar-refractivity contribution in [2.45, 2.75) is 38.9 Å². The van der Waals surface area contributed by atoms with Crippen molar-refractivity contribution in [3.05, 3.63) is 70.2 Å². The molecule has 0 saturated carbocycles. The van der Waals surface area contributed by atoms with Crippen LogP contribution in [-0.4, -0.2) is 46.8 Å². The molecule has 1 unspecified atom stereocenters. The van der Waals surface area contributed by atoms with Crippen molar-refractivity contribution in [2.24, 2.45) is 5.73 Å². The summed E-state index contributed by atoms with van der Waals surface area (Å²) in [4.78, 5) is 40.8. The van der Waals surface area contributed by atoms with Crippen LogP contribution in [-0.2, 0) is 11.3 Å². The molecule has 10 nitrogen and oxygen atoms in total. The van der Waals surface area contributed by atoms with Crippen molar-refractivity contribution < 1.29 is 23.9 Å². The molecule has 0 aliphatic heterocycles. The van der Waals surface area contributed by atoms with Crippen molar-refractivity contribution in [1.29, 1.82) is 0 Å². The number of nitrogens with two attached hydrogens (primary N) is 2. The number of amides is 3. The summed E-state index contributed by atoms with van der Waals surface area (Å²) in [7, 11) is 3.10. The van der Waals surface area contributed by atoms with Gasteiger partial charge in [-0.1, -0.05) is 24.3 Å². The summed E-state index contributed by atoms with van der Waals surface area (Å²) < 4.78 is 14.5. The average Bonchev–Trinajstić information content (AvgIpc) is 3.24. The Hall–Kier alpha value is -4.12. The van der Waals surface area contributed by atoms with E-state index in [0.29, 0.717) is 17.1 Å². The van der Waals surface area contributed by atoms with Gasteiger partial charge in [-0.05, 0) is 67.7 Å². The molecule has 196 valence electrons. The maximum absolute atomic E-state index is 14.0. The van der Waals surface area contributed by atoms with Crippen LogP contribution >= 0.6 is 11.5 Å². The molecular weight excluding hydrogens is 494 g/mol. The second-order valence-electron chi connectivity index (χ2n) is 9.33. The summed E-state index contributed by atoms with van der Waals surface area (Å²) in [6.45, 7) is 5.62. The number of ether oxygens (including phenoxy) is 2. The SMILES string of the molecule is COc1ccc(CN(C(=O)c2snc(C(N)=O)c2N)C(C(=O)NC(C)(C)C)c2ccc(OC)cc2)cc1. The Bertz CT molecular complexity index is 1270. The summed E-state index contributed by atoms with van der Waals surface area (Å²) in [6.07, 6.45) is 0. The molecule has 0 aliphatic rings. The van der Waals surface area contributed by atoms with Gasteiger partial charge in [0.1, 0.15) is 22.4 Å². The maximum Gasteiger partial charge on any atom is 0.270 e. The largest absolute Gasteiger partial charge is 0.497 e. The molecule has 3 rings (SSSR count). The number of anilines is 1. The molecule has 2 aromatic carbocycles. The zero-order valence-electron chi connectivity index (χ0n) is 21.4. The van der Waals surface area contributed by atoms with E-state index < -0.39 is 29.3 Å². The number of benzene rings is 2. The van der Waals surface area contributed by atoms with Crippen LogP contribution in [0.3, 0.4) is 0 Å². The number of rotatable bonds is 9. The number of nitrogens with zero attached hydrogens (tertiary/aromatic N) is 2. The van der Waals surface area contributed by atoms with Gasteiger partial charge in [-0.25, -0.2) is 0 Å². The summed E-state index contributed by atoms with van der Waals surface area (Å²) in [5.74, 6) is -0.547. The van der Waals surface area contributed by atoms with Crippen molar-refractivity contribution in [1.82, 2.24) is 14.6 Å². The standard InChI is InChI=1S/C26H31N5O5S/c1-26(2,3)29-24(33)21(16-8-12-18(36-5)13-9-16)31(14-15-6-10-17(35-4)11-7-15)25(34)22-19(27)20(23(28)32)30-37-22/h6-13,21H,14,27H2,1-5H3,(H2,28,32)(H,29,33). The molecule has 0 spiro atoms. The minimum Gasteiger partial charge on any atom is -0.497 e. The van der Waals surface area contributed by atoms with E-state index in [-0.39, 0.29) is 22.8 Å². The minimum atomic E-state index is -1.04. The fourth-order valence-corrected chi connectivity index (χ4v) is 4.43. The van der Waals surface area contributed by atoms with Gasteiger partial charge >= 0.3 is 0 Å². The first-order chi connectivity index (χ1) is 17.4. The van der Waals surface area contributed by atoms with Gasteiger partial charge in [0.2, 0.25) is 5.91 Å². The third kappa shape index (κ3) is 6.56. The Labute approximate surface area is 219 Å². The van der Waals surface area contributed by atoms with Gasteiger partial charge in [0.15, 0.2) is 5.69 Å². The van der Waals surface area contributed by atoms with Crippen LogP contribution < -0.4 is 26.3 Å². The summed E-state index contributed by atoms with van der Waals surface area (Å²) >= 11 is 0.762. The van der Waals surface area contributed by atoms with Crippen molar-refractivity contribution >= 4 is 34.9 Å². The highest BCUT2D eigenvalue weighted by molar-refractivity contribution is 7.09. The van der Waals surface area contributed by atoms with Gasteiger partial charge in [-0.2, -0.15) is 4.37 Å². The molecule has 5 N–H and O–H groups in total. The minimum absolute atomic E-state index is 0.0179. The van der Waals surface area contributed by atoms with Crippen LogP contribution in [0.2, 0.25) is 0 Å². The van der Waals surface area contributed by atoms with E-state index >= 15 is 0 Å². The Kier molecular flexibility index (Phi) is 8.38. The lowest BCUT2D eigenvalue weighted by molar-refractivity contribution is -0.127. The van der Waals surface area contributed by atoms with Gasteiger partial charge < -0.3 is 31.2 Å². The normalized spacial score (nSPS) is 11.9. The average molecular weight is 526 g/mol. The van der Waals surface area contributed by atoms with E-state index in [0.717, 1.165) is 17.1 Å². The molecule has 1 atom stereocenters. The highest BCUT2D eigenvalue weighted by Crippen LogP contribution is 2.31. The Morgan fingerprint density at radius 2 is 1.54 bits per heavy atom. The van der Waals surface area contributed by atoms with Crippen molar-refractivity contribution in [2.75, 3.05) is 20.0 Å². The second-order valence-corrected chi connectivity index (χ2v) is 10.1. The number of methoxy groups -OCH3 is 2. The van der Waals surface area contributed by atoms with E-state index in [2.05, 4.69) is 9.69 Å². The second kappa shape index (κ2) is 11.3. The third-order valence-electron chi connectivity index (χ3n) is 5.42. The molecule has 3 amide bonds. The first-order valence-corrected chi connectivity index (χ1v) is 12.2. The number of carbonyl (C=O) groups excluding carboxylic acids is 3. The topological polar surface area (TPSA) is 150 Å². The molecule has 0 bridgehead atoms. The molecule has 0 radical (unpaired) electrons. The Balaban J connectivity index is 2.15. The lowest BCUT2D eigenvalue weighted by atomic mass is 10.00. The molecule has 1 aromatic heterocycles. The predicted octanol–water partition coefficient (Wildman–Crippen LogP) is 3.14. The molecule has 3 aromatic rings. The number of nitrogens with one attached hydrogen (secondary N) is 1. The van der Waals surface area contributed by atoms with E-state index in [1.54, 1.807) is 62.8 Å². The summed E-state index contributed by atoms with van der Waals surface area (Å²) in [5.41, 5.74) is 11.9. The molecule has 1 heterocycles. The highest BCUT2D eigenvalue weighted by Gasteiger charge is 2.36. The zero-order chi connectivity index (χ0) is 27.3. The maximum atomic E-state index is 14.0.